The summed E-state index contributed by atoms with van der Waals surface area (Å²) in [5.41, 5.74) is 8.40. The van der Waals surface area contributed by atoms with Crippen molar-refractivity contribution in [2.75, 3.05) is 43.1 Å². The Balaban J connectivity index is 1.88. The number of carbonyl (C=O) groups is 2. The lowest BCUT2D eigenvalue weighted by Gasteiger charge is -2.40. The van der Waals surface area contributed by atoms with Gasteiger partial charge in [-0.25, -0.2) is 9.59 Å². The van der Waals surface area contributed by atoms with Crippen molar-refractivity contribution in [1.82, 2.24) is 5.32 Å². The van der Waals surface area contributed by atoms with Crippen LogP contribution < -0.4 is 20.9 Å². The molecule has 8 heteroatoms. The maximum Gasteiger partial charge on any atom is 0.414 e. The third-order valence-corrected chi connectivity index (χ3v) is 6.17. The second-order valence-electron chi connectivity index (χ2n) is 8.87. The molecule has 2 aliphatic rings. The zero-order valence-electron chi connectivity index (χ0n) is 19.1. The Labute approximate surface area is 185 Å². The molecular formula is C23H36N4O4. The topological polar surface area (TPSA) is 97.1 Å². The molecule has 3 N–H and O–H groups in total. The molecule has 0 saturated heterocycles. The number of nitrogens with one attached hydrogen (secondary N) is 1. The van der Waals surface area contributed by atoms with Gasteiger partial charge < -0.3 is 20.5 Å². The first-order valence-corrected chi connectivity index (χ1v) is 11.3. The molecule has 2 amide bonds. The van der Waals surface area contributed by atoms with Crippen molar-refractivity contribution >= 4 is 23.6 Å². The number of nitrogens with two attached hydrogens (primary N) is 1. The van der Waals surface area contributed by atoms with E-state index in [0.717, 1.165) is 24.6 Å². The summed E-state index contributed by atoms with van der Waals surface area (Å²) >= 11 is 0. The summed E-state index contributed by atoms with van der Waals surface area (Å²) in [6.07, 6.45) is 2.82. The van der Waals surface area contributed by atoms with E-state index in [1.165, 1.54) is 26.4 Å². The van der Waals surface area contributed by atoms with Gasteiger partial charge in [0.05, 0.1) is 37.2 Å². The molecule has 1 aromatic carbocycles. The van der Waals surface area contributed by atoms with Crippen LogP contribution in [0.1, 0.15) is 51.5 Å². The molecule has 1 aliphatic heterocycles. The number of hydrogen-bond acceptors (Lipinski definition) is 6. The molecule has 0 aromatic heterocycles. The minimum Gasteiger partial charge on any atom is -0.452 e. The van der Waals surface area contributed by atoms with Crippen molar-refractivity contribution in [2.45, 2.75) is 58.1 Å². The highest BCUT2D eigenvalue weighted by Crippen LogP contribution is 2.38. The third-order valence-electron chi connectivity index (χ3n) is 6.17. The quantitative estimate of drug-likeness (QED) is 0.685. The predicted molar refractivity (Wildman–Crippen MR) is 122 cm³/mol. The first-order chi connectivity index (χ1) is 14.8. The van der Waals surface area contributed by atoms with Crippen molar-refractivity contribution in [1.29, 1.82) is 0 Å². The molecule has 1 heterocycles. The van der Waals surface area contributed by atoms with Crippen LogP contribution in [0, 0.1) is 5.92 Å². The zero-order chi connectivity index (χ0) is 22.5. The van der Waals surface area contributed by atoms with E-state index in [1.54, 1.807) is 9.80 Å². The minimum absolute atomic E-state index is 0.110. The van der Waals surface area contributed by atoms with E-state index in [9.17, 15) is 9.59 Å². The highest BCUT2D eigenvalue weighted by atomic mass is 16.6. The number of fused-ring (bicyclic) bond motifs is 1. The summed E-state index contributed by atoms with van der Waals surface area (Å²) < 4.78 is 10.5. The van der Waals surface area contributed by atoms with E-state index in [-0.39, 0.29) is 18.1 Å². The van der Waals surface area contributed by atoms with Crippen LogP contribution in [0.5, 0.6) is 0 Å². The number of rotatable bonds is 7. The van der Waals surface area contributed by atoms with Crippen LogP contribution >= 0.6 is 0 Å². The Morgan fingerprint density at radius 2 is 1.97 bits per heavy atom. The largest absolute Gasteiger partial charge is 0.452 e. The summed E-state index contributed by atoms with van der Waals surface area (Å²) in [5, 5.41) is 3.55. The molecule has 1 saturated carbocycles. The molecule has 1 aliphatic carbocycles. The van der Waals surface area contributed by atoms with Gasteiger partial charge in [0.15, 0.2) is 0 Å². The SMILES string of the molecule is COC(=O)N1c2ccc(C(CN)CNCC3CCC3)cc2N(C(=O)OC(C)C)C[C@@H]1C. The summed E-state index contributed by atoms with van der Waals surface area (Å²) in [6.45, 7) is 8.13. The van der Waals surface area contributed by atoms with Crippen molar-refractivity contribution in [3.63, 3.8) is 0 Å². The number of methoxy groups -OCH3 is 1. The fourth-order valence-electron chi connectivity index (χ4n) is 4.21. The maximum atomic E-state index is 12.8. The van der Waals surface area contributed by atoms with Crippen molar-refractivity contribution in [3.05, 3.63) is 23.8 Å². The number of nitrogens with zero attached hydrogens (tertiary/aromatic N) is 2. The Bertz CT molecular complexity index is 781. The first-order valence-electron chi connectivity index (χ1n) is 11.3. The first kappa shape index (κ1) is 23.3. The molecule has 172 valence electrons. The molecule has 0 bridgehead atoms. The van der Waals surface area contributed by atoms with E-state index in [0.29, 0.717) is 24.5 Å². The number of benzene rings is 1. The number of anilines is 2. The normalized spacial score (nSPS) is 19.6. The smallest absolute Gasteiger partial charge is 0.414 e. The molecule has 0 radical (unpaired) electrons. The van der Waals surface area contributed by atoms with E-state index in [4.69, 9.17) is 15.2 Å². The van der Waals surface area contributed by atoms with Gasteiger partial charge in [-0.05, 0) is 63.8 Å². The number of carbonyl (C=O) groups excluding carboxylic acids is 2. The number of hydrogen-bond donors (Lipinski definition) is 2. The Morgan fingerprint density at radius 3 is 2.55 bits per heavy atom. The maximum absolute atomic E-state index is 12.8. The molecule has 2 atom stereocenters. The molecule has 1 fully saturated rings. The summed E-state index contributed by atoms with van der Waals surface area (Å²) in [5.74, 6) is 0.887. The van der Waals surface area contributed by atoms with E-state index in [2.05, 4.69) is 5.32 Å². The average molecular weight is 433 g/mol. The Hall–Kier alpha value is -2.32. The summed E-state index contributed by atoms with van der Waals surface area (Å²) in [4.78, 5) is 28.5. The lowest BCUT2D eigenvalue weighted by atomic mass is 9.85. The van der Waals surface area contributed by atoms with Crippen molar-refractivity contribution < 1.29 is 19.1 Å². The number of amides is 2. The fraction of sp³-hybridized carbons (Fsp3) is 0.652. The van der Waals surface area contributed by atoms with Crippen LogP contribution in [-0.2, 0) is 9.47 Å². The predicted octanol–water partition coefficient (Wildman–Crippen LogP) is 3.44. The van der Waals surface area contributed by atoms with Gasteiger partial charge in [0, 0.05) is 19.0 Å². The second kappa shape index (κ2) is 10.3. The Morgan fingerprint density at radius 1 is 1.23 bits per heavy atom. The second-order valence-corrected chi connectivity index (χ2v) is 8.87. The van der Waals surface area contributed by atoms with Gasteiger partial charge in [0.25, 0.3) is 0 Å². The van der Waals surface area contributed by atoms with Gasteiger partial charge in [-0.1, -0.05) is 12.5 Å². The summed E-state index contributed by atoms with van der Waals surface area (Å²) in [7, 11) is 1.36. The lowest BCUT2D eigenvalue weighted by Crippen LogP contribution is -2.52. The van der Waals surface area contributed by atoms with Crippen LogP contribution in [0.15, 0.2) is 18.2 Å². The monoisotopic (exact) mass is 432 g/mol. The van der Waals surface area contributed by atoms with Gasteiger partial charge in [0.1, 0.15) is 0 Å². The molecule has 1 aromatic rings. The number of ether oxygens (including phenoxy) is 2. The highest BCUT2D eigenvalue weighted by molar-refractivity contribution is 6.00. The van der Waals surface area contributed by atoms with Crippen LogP contribution in [-0.4, -0.2) is 57.6 Å². The molecule has 8 nitrogen and oxygen atoms in total. The van der Waals surface area contributed by atoms with Gasteiger partial charge in [0.2, 0.25) is 0 Å². The standard InChI is InChI=1S/C23H36N4O4/c1-15(2)31-22(28)26-14-16(3)27(23(29)30-4)20-9-8-18(10-21(20)26)19(11-24)13-25-12-17-6-5-7-17/h8-10,15-17,19,25H,5-7,11-14,24H2,1-4H3/t16-,19?/m0/s1. The molecular weight excluding hydrogens is 396 g/mol. The van der Waals surface area contributed by atoms with Gasteiger partial charge >= 0.3 is 12.2 Å². The average Bonchev–Trinajstić information content (AvgIpc) is 2.70. The van der Waals surface area contributed by atoms with Crippen LogP contribution in [0.4, 0.5) is 21.0 Å². The fourth-order valence-corrected chi connectivity index (χ4v) is 4.21. The van der Waals surface area contributed by atoms with E-state index >= 15 is 0 Å². The Kier molecular flexibility index (Phi) is 7.78. The molecule has 31 heavy (non-hydrogen) atoms. The van der Waals surface area contributed by atoms with Gasteiger partial charge in [-0.15, -0.1) is 0 Å². The van der Waals surface area contributed by atoms with Crippen LogP contribution in [0.3, 0.4) is 0 Å². The van der Waals surface area contributed by atoms with Crippen molar-refractivity contribution in [3.8, 4) is 0 Å². The van der Waals surface area contributed by atoms with E-state index in [1.807, 2.05) is 39.0 Å². The summed E-state index contributed by atoms with van der Waals surface area (Å²) in [6, 6.07) is 5.57. The van der Waals surface area contributed by atoms with Crippen LogP contribution in [0.2, 0.25) is 0 Å². The third kappa shape index (κ3) is 5.30. The highest BCUT2D eigenvalue weighted by Gasteiger charge is 2.37. The molecule has 3 rings (SSSR count). The van der Waals surface area contributed by atoms with E-state index < -0.39 is 12.2 Å². The van der Waals surface area contributed by atoms with Crippen LogP contribution in [0.25, 0.3) is 0 Å². The van der Waals surface area contributed by atoms with Gasteiger partial charge in [-0.2, -0.15) is 0 Å². The minimum atomic E-state index is -0.448. The molecule has 0 spiro atoms. The zero-order valence-corrected chi connectivity index (χ0v) is 19.1. The van der Waals surface area contributed by atoms with Crippen molar-refractivity contribution in [2.24, 2.45) is 11.7 Å². The lowest BCUT2D eigenvalue weighted by molar-refractivity contribution is 0.121. The van der Waals surface area contributed by atoms with Gasteiger partial charge in [-0.3, -0.25) is 9.80 Å². The molecule has 1 unspecified atom stereocenters.